The third kappa shape index (κ3) is 4.67. The van der Waals surface area contributed by atoms with Crippen molar-refractivity contribution in [3.05, 3.63) is 28.8 Å². The van der Waals surface area contributed by atoms with Gasteiger partial charge in [0.2, 0.25) is 0 Å². The molecule has 0 atom stereocenters. The molecule has 106 valence electrons. The fourth-order valence-corrected chi connectivity index (χ4v) is 3.75. The summed E-state index contributed by atoms with van der Waals surface area (Å²) in [6.45, 7) is 5.90. The maximum absolute atomic E-state index is 6.38. The normalized spacial score (nSPS) is 16.7. The Balaban J connectivity index is 2.03. The molecule has 1 aromatic carbocycles. The predicted octanol–water partition coefficient (Wildman–Crippen LogP) is 4.11. The van der Waals surface area contributed by atoms with Gasteiger partial charge >= 0.3 is 0 Å². The summed E-state index contributed by atoms with van der Waals surface area (Å²) in [5.74, 6) is 0. The molecule has 0 saturated carbocycles. The van der Waals surface area contributed by atoms with E-state index in [0.29, 0.717) is 5.25 Å². The predicted molar refractivity (Wildman–Crippen MR) is 83.1 cm³/mol. The molecule has 1 aromatic rings. The highest BCUT2D eigenvalue weighted by molar-refractivity contribution is 8.00. The van der Waals surface area contributed by atoms with E-state index >= 15 is 0 Å². The van der Waals surface area contributed by atoms with Crippen LogP contribution in [0, 0.1) is 0 Å². The molecular weight excluding hydrogens is 278 g/mol. The molecule has 0 aromatic heterocycles. The molecule has 1 N–H and O–H groups in total. The van der Waals surface area contributed by atoms with Crippen molar-refractivity contribution in [1.82, 2.24) is 5.32 Å². The molecule has 19 heavy (non-hydrogen) atoms. The Morgan fingerprint density at radius 1 is 1.37 bits per heavy atom. The van der Waals surface area contributed by atoms with Crippen LogP contribution in [0.1, 0.15) is 31.7 Å². The van der Waals surface area contributed by atoms with Crippen molar-refractivity contribution in [3.63, 3.8) is 0 Å². The topological polar surface area (TPSA) is 21.3 Å². The third-order valence-electron chi connectivity index (χ3n) is 3.24. The highest BCUT2D eigenvalue weighted by atomic mass is 35.5. The lowest BCUT2D eigenvalue weighted by Gasteiger charge is -2.23. The van der Waals surface area contributed by atoms with E-state index in [1.165, 1.54) is 10.5 Å². The van der Waals surface area contributed by atoms with Gasteiger partial charge in [0.15, 0.2) is 0 Å². The fourth-order valence-electron chi connectivity index (χ4n) is 2.18. The van der Waals surface area contributed by atoms with Gasteiger partial charge in [0, 0.05) is 29.9 Å². The first kappa shape index (κ1) is 15.2. The van der Waals surface area contributed by atoms with Crippen molar-refractivity contribution >= 4 is 23.4 Å². The molecule has 2 rings (SSSR count). The molecule has 0 bridgehead atoms. The summed E-state index contributed by atoms with van der Waals surface area (Å²) in [5.41, 5.74) is 1.32. The van der Waals surface area contributed by atoms with Crippen molar-refractivity contribution in [2.75, 3.05) is 19.8 Å². The molecule has 1 aliphatic heterocycles. The number of rotatable bonds is 6. The Kier molecular flexibility index (Phi) is 6.51. The zero-order chi connectivity index (χ0) is 13.5. The van der Waals surface area contributed by atoms with Gasteiger partial charge in [-0.05, 0) is 37.4 Å². The van der Waals surface area contributed by atoms with Crippen LogP contribution >= 0.6 is 23.4 Å². The van der Waals surface area contributed by atoms with Crippen molar-refractivity contribution in [2.45, 2.75) is 42.9 Å². The van der Waals surface area contributed by atoms with Crippen LogP contribution in [-0.2, 0) is 11.3 Å². The number of thioether (sulfide) groups is 1. The molecule has 0 unspecified atom stereocenters. The lowest BCUT2D eigenvalue weighted by atomic mass is 10.2. The zero-order valence-electron chi connectivity index (χ0n) is 11.5. The average Bonchev–Trinajstić information content (AvgIpc) is 2.44. The molecule has 4 heteroatoms. The van der Waals surface area contributed by atoms with Crippen molar-refractivity contribution in [2.24, 2.45) is 0 Å². The van der Waals surface area contributed by atoms with Gasteiger partial charge in [-0.3, -0.25) is 0 Å². The van der Waals surface area contributed by atoms with Crippen molar-refractivity contribution in [3.8, 4) is 0 Å². The van der Waals surface area contributed by atoms with E-state index in [-0.39, 0.29) is 0 Å². The van der Waals surface area contributed by atoms with Gasteiger partial charge in [0.05, 0.1) is 5.02 Å². The second-order valence-electron chi connectivity index (χ2n) is 4.83. The molecule has 1 aliphatic rings. The first-order valence-corrected chi connectivity index (χ1v) is 8.29. The first-order valence-electron chi connectivity index (χ1n) is 7.03. The van der Waals surface area contributed by atoms with Crippen LogP contribution in [0.15, 0.2) is 23.1 Å². The van der Waals surface area contributed by atoms with Gasteiger partial charge < -0.3 is 10.1 Å². The van der Waals surface area contributed by atoms with Crippen LogP contribution in [0.2, 0.25) is 5.02 Å². The van der Waals surface area contributed by atoms with E-state index in [0.717, 1.165) is 50.6 Å². The van der Waals surface area contributed by atoms with Crippen LogP contribution < -0.4 is 5.32 Å². The van der Waals surface area contributed by atoms with Gasteiger partial charge in [0.25, 0.3) is 0 Å². The summed E-state index contributed by atoms with van der Waals surface area (Å²) in [6.07, 6.45) is 3.40. The van der Waals surface area contributed by atoms with Crippen molar-refractivity contribution < 1.29 is 4.74 Å². The molecule has 0 amide bonds. The minimum absolute atomic E-state index is 0.638. The maximum Gasteiger partial charge on any atom is 0.0545 e. The van der Waals surface area contributed by atoms with Crippen LogP contribution in [0.3, 0.4) is 0 Å². The highest BCUT2D eigenvalue weighted by Crippen LogP contribution is 2.36. The summed E-state index contributed by atoms with van der Waals surface area (Å²) < 4.78 is 5.42. The average molecular weight is 300 g/mol. The first-order chi connectivity index (χ1) is 9.31. The van der Waals surface area contributed by atoms with Gasteiger partial charge in [-0.15, -0.1) is 11.8 Å². The van der Waals surface area contributed by atoms with E-state index in [1.807, 2.05) is 23.9 Å². The van der Waals surface area contributed by atoms with Crippen LogP contribution in [0.4, 0.5) is 0 Å². The quantitative estimate of drug-likeness (QED) is 0.799. The number of hydrogen-bond acceptors (Lipinski definition) is 3. The SMILES string of the molecule is CCCNCc1cccc(Cl)c1SC1CCOCC1. The Hall–Kier alpha value is -0.220. The van der Waals surface area contributed by atoms with Gasteiger partial charge in [-0.25, -0.2) is 0 Å². The number of nitrogens with one attached hydrogen (secondary N) is 1. The Morgan fingerprint density at radius 2 is 2.16 bits per heavy atom. The van der Waals surface area contributed by atoms with Gasteiger partial charge in [-0.2, -0.15) is 0 Å². The Labute approximate surface area is 125 Å². The lowest BCUT2D eigenvalue weighted by Crippen LogP contribution is -2.18. The monoisotopic (exact) mass is 299 g/mol. The van der Waals surface area contributed by atoms with Crippen LogP contribution in [0.5, 0.6) is 0 Å². The molecule has 1 heterocycles. The maximum atomic E-state index is 6.38. The van der Waals surface area contributed by atoms with Crippen LogP contribution in [-0.4, -0.2) is 25.0 Å². The summed E-state index contributed by atoms with van der Waals surface area (Å²) in [5, 5.41) is 4.98. The Morgan fingerprint density at radius 3 is 2.89 bits per heavy atom. The highest BCUT2D eigenvalue weighted by Gasteiger charge is 2.18. The molecule has 2 nitrogen and oxygen atoms in total. The van der Waals surface area contributed by atoms with Crippen LogP contribution in [0.25, 0.3) is 0 Å². The van der Waals surface area contributed by atoms with E-state index in [9.17, 15) is 0 Å². The van der Waals surface area contributed by atoms with Gasteiger partial charge in [0.1, 0.15) is 0 Å². The number of ether oxygens (including phenoxy) is 1. The molecule has 1 fully saturated rings. The summed E-state index contributed by atoms with van der Waals surface area (Å²) >= 11 is 8.31. The number of hydrogen-bond donors (Lipinski definition) is 1. The number of benzene rings is 1. The molecule has 0 spiro atoms. The standard InChI is InChI=1S/C15H22ClNOS/c1-2-8-17-11-12-4-3-5-14(16)15(12)19-13-6-9-18-10-7-13/h3-5,13,17H,2,6-11H2,1H3. The van der Waals surface area contributed by atoms with E-state index in [1.54, 1.807) is 0 Å². The second-order valence-corrected chi connectivity index (χ2v) is 6.55. The Bertz CT molecular complexity index is 394. The summed E-state index contributed by atoms with van der Waals surface area (Å²) in [4.78, 5) is 1.25. The van der Waals surface area contributed by atoms with E-state index < -0.39 is 0 Å². The lowest BCUT2D eigenvalue weighted by molar-refractivity contribution is 0.1000. The van der Waals surface area contributed by atoms with Crippen molar-refractivity contribution in [1.29, 1.82) is 0 Å². The second kappa shape index (κ2) is 8.15. The summed E-state index contributed by atoms with van der Waals surface area (Å²) in [6, 6.07) is 6.21. The third-order valence-corrected chi connectivity index (χ3v) is 5.19. The fraction of sp³-hybridized carbons (Fsp3) is 0.600. The van der Waals surface area contributed by atoms with E-state index in [4.69, 9.17) is 16.3 Å². The molecular formula is C15H22ClNOS. The minimum Gasteiger partial charge on any atom is -0.381 e. The molecule has 1 saturated heterocycles. The number of halogens is 1. The van der Waals surface area contributed by atoms with E-state index in [2.05, 4.69) is 18.3 Å². The zero-order valence-corrected chi connectivity index (χ0v) is 13.0. The largest absolute Gasteiger partial charge is 0.381 e. The summed E-state index contributed by atoms with van der Waals surface area (Å²) in [7, 11) is 0. The molecule has 0 aliphatic carbocycles. The molecule has 0 radical (unpaired) electrons. The minimum atomic E-state index is 0.638. The van der Waals surface area contributed by atoms with Gasteiger partial charge in [-0.1, -0.05) is 30.7 Å². The smallest absolute Gasteiger partial charge is 0.0545 e.